The number of thiophene rings is 1. The van der Waals surface area contributed by atoms with Crippen molar-refractivity contribution in [1.29, 1.82) is 0 Å². The molecule has 0 unspecified atom stereocenters. The number of aryl methyl sites for hydroxylation is 1. The van der Waals surface area contributed by atoms with E-state index >= 15 is 0 Å². The van der Waals surface area contributed by atoms with Gasteiger partial charge < -0.3 is 13.3 Å². The highest BCUT2D eigenvalue weighted by molar-refractivity contribution is 7.99. The summed E-state index contributed by atoms with van der Waals surface area (Å²) in [6, 6.07) is 5.28. The zero-order valence-corrected chi connectivity index (χ0v) is 14.9. The molecule has 118 valence electrons. The first kappa shape index (κ1) is 16.0. The standard InChI is InChI=1S/C14H23NO3S2Si/c1-2-14(20-10-1)3-11-19-12-13-21-16-7-4-15(5-8-17-21)6-9-18-21/h1-2,10H,3-9,11-13H2. The maximum atomic E-state index is 6.04. The molecule has 0 aliphatic carbocycles. The molecule has 3 aliphatic rings. The lowest BCUT2D eigenvalue weighted by Gasteiger charge is -2.38. The first-order valence-corrected chi connectivity index (χ1v) is 11.6. The molecule has 0 radical (unpaired) electrons. The minimum absolute atomic E-state index is 0.756. The molecule has 2 bridgehead atoms. The minimum Gasteiger partial charge on any atom is -0.372 e. The maximum absolute atomic E-state index is 6.04. The monoisotopic (exact) mass is 345 g/mol. The van der Waals surface area contributed by atoms with E-state index in [4.69, 9.17) is 13.3 Å². The van der Waals surface area contributed by atoms with E-state index in [2.05, 4.69) is 22.4 Å². The van der Waals surface area contributed by atoms with Crippen LogP contribution in [-0.2, 0) is 19.7 Å². The Morgan fingerprint density at radius 2 is 1.81 bits per heavy atom. The predicted octanol–water partition coefficient (Wildman–Crippen LogP) is 2.34. The average Bonchev–Trinajstić information content (AvgIpc) is 2.92. The molecule has 3 saturated heterocycles. The molecular weight excluding hydrogens is 322 g/mol. The fraction of sp³-hybridized carbons (Fsp3) is 0.714. The van der Waals surface area contributed by atoms with Crippen LogP contribution in [0.25, 0.3) is 0 Å². The fourth-order valence-corrected chi connectivity index (χ4v) is 7.47. The summed E-state index contributed by atoms with van der Waals surface area (Å²) in [5, 5.41) is 2.15. The van der Waals surface area contributed by atoms with Gasteiger partial charge in [0.25, 0.3) is 0 Å². The van der Waals surface area contributed by atoms with Crippen LogP contribution in [0.3, 0.4) is 0 Å². The lowest BCUT2D eigenvalue weighted by atomic mass is 10.4. The second kappa shape index (κ2) is 8.10. The van der Waals surface area contributed by atoms with Gasteiger partial charge in [-0.2, -0.15) is 11.8 Å². The molecule has 0 saturated carbocycles. The lowest BCUT2D eigenvalue weighted by molar-refractivity contribution is -0.00730. The van der Waals surface area contributed by atoms with Crippen molar-refractivity contribution < 1.29 is 13.3 Å². The normalized spacial score (nSPS) is 29.8. The Morgan fingerprint density at radius 3 is 2.43 bits per heavy atom. The summed E-state index contributed by atoms with van der Waals surface area (Å²) in [5.41, 5.74) is 0. The van der Waals surface area contributed by atoms with Crippen molar-refractivity contribution in [3.05, 3.63) is 22.4 Å². The van der Waals surface area contributed by atoms with Crippen LogP contribution >= 0.6 is 23.1 Å². The zero-order chi connectivity index (χ0) is 14.4. The number of fused-ring (bicyclic) bond motifs is 6. The molecule has 0 spiro atoms. The van der Waals surface area contributed by atoms with Crippen molar-refractivity contribution in [2.45, 2.75) is 12.5 Å². The van der Waals surface area contributed by atoms with Gasteiger partial charge in [0.1, 0.15) is 0 Å². The summed E-state index contributed by atoms with van der Waals surface area (Å²) in [4.78, 5) is 3.83. The molecule has 0 N–H and O–H groups in total. The van der Waals surface area contributed by atoms with Crippen molar-refractivity contribution in [3.8, 4) is 0 Å². The zero-order valence-electron chi connectivity index (χ0n) is 12.3. The van der Waals surface area contributed by atoms with E-state index in [0.717, 1.165) is 57.7 Å². The van der Waals surface area contributed by atoms with Gasteiger partial charge in [0.2, 0.25) is 0 Å². The topological polar surface area (TPSA) is 30.9 Å². The van der Waals surface area contributed by atoms with Gasteiger partial charge >= 0.3 is 8.80 Å². The second-order valence-corrected chi connectivity index (χ2v) is 10.3. The van der Waals surface area contributed by atoms with E-state index in [1.807, 2.05) is 23.1 Å². The summed E-state index contributed by atoms with van der Waals surface area (Å²) in [7, 11) is -2.39. The smallest absolute Gasteiger partial charge is 0.372 e. The summed E-state index contributed by atoms with van der Waals surface area (Å²) in [6.07, 6.45) is 1.16. The van der Waals surface area contributed by atoms with Crippen LogP contribution in [0.1, 0.15) is 4.88 Å². The Morgan fingerprint density at radius 1 is 1.10 bits per heavy atom. The Kier molecular flexibility index (Phi) is 6.16. The molecule has 1 aromatic heterocycles. The number of rotatable bonds is 6. The largest absolute Gasteiger partial charge is 0.501 e. The van der Waals surface area contributed by atoms with Gasteiger partial charge in [0, 0.05) is 30.6 Å². The molecule has 0 amide bonds. The van der Waals surface area contributed by atoms with Gasteiger partial charge in [-0.05, 0) is 29.4 Å². The molecule has 7 heteroatoms. The number of nitrogens with zero attached hydrogens (tertiary/aromatic N) is 1. The van der Waals surface area contributed by atoms with Gasteiger partial charge in [0.15, 0.2) is 0 Å². The summed E-state index contributed by atoms with van der Waals surface area (Å²) in [6.45, 7) is 5.33. The van der Waals surface area contributed by atoms with Crippen LogP contribution in [0.4, 0.5) is 0 Å². The molecule has 0 aromatic carbocycles. The molecule has 1 aromatic rings. The first-order chi connectivity index (χ1) is 10.4. The van der Waals surface area contributed by atoms with E-state index in [0.29, 0.717) is 0 Å². The number of hydrogen-bond donors (Lipinski definition) is 0. The van der Waals surface area contributed by atoms with Gasteiger partial charge in [-0.1, -0.05) is 6.07 Å². The SMILES string of the molecule is c1csc(CCSCC[Si]23OCCN(CCO2)CCO3)c1. The Bertz CT molecular complexity index is 392. The van der Waals surface area contributed by atoms with Crippen LogP contribution in [-0.4, -0.2) is 64.7 Å². The Balaban J connectivity index is 1.41. The second-order valence-electron chi connectivity index (χ2n) is 5.26. The predicted molar refractivity (Wildman–Crippen MR) is 90.2 cm³/mol. The van der Waals surface area contributed by atoms with Crippen LogP contribution in [0, 0.1) is 0 Å². The third kappa shape index (κ3) is 4.79. The third-order valence-corrected chi connectivity index (χ3v) is 8.89. The Labute approximate surface area is 136 Å². The quantitative estimate of drug-likeness (QED) is 0.583. The van der Waals surface area contributed by atoms with Crippen LogP contribution in [0.15, 0.2) is 17.5 Å². The number of thioether (sulfide) groups is 1. The highest BCUT2D eigenvalue weighted by Crippen LogP contribution is 2.23. The van der Waals surface area contributed by atoms with E-state index in [1.54, 1.807) is 0 Å². The van der Waals surface area contributed by atoms with Gasteiger partial charge in [-0.15, -0.1) is 11.3 Å². The molecule has 21 heavy (non-hydrogen) atoms. The van der Waals surface area contributed by atoms with E-state index in [-0.39, 0.29) is 0 Å². The summed E-state index contributed by atoms with van der Waals surface area (Å²) < 4.78 is 18.1. The summed E-state index contributed by atoms with van der Waals surface area (Å²) >= 11 is 3.83. The molecule has 4 rings (SSSR count). The highest BCUT2D eigenvalue weighted by Gasteiger charge is 2.43. The minimum atomic E-state index is -2.39. The maximum Gasteiger partial charge on any atom is 0.501 e. The molecular formula is C14H23NO3S2Si. The van der Waals surface area contributed by atoms with Crippen LogP contribution < -0.4 is 0 Å². The molecule has 4 nitrogen and oxygen atoms in total. The fourth-order valence-electron chi connectivity index (χ4n) is 2.59. The first-order valence-electron chi connectivity index (χ1n) is 7.61. The van der Waals surface area contributed by atoms with E-state index in [9.17, 15) is 0 Å². The summed E-state index contributed by atoms with van der Waals surface area (Å²) in [5.74, 6) is 2.24. The van der Waals surface area contributed by atoms with Crippen molar-refractivity contribution in [2.24, 2.45) is 0 Å². The molecule has 4 heterocycles. The van der Waals surface area contributed by atoms with Crippen LogP contribution in [0.2, 0.25) is 6.04 Å². The third-order valence-electron chi connectivity index (χ3n) is 3.81. The van der Waals surface area contributed by atoms with Gasteiger partial charge in [-0.25, -0.2) is 0 Å². The molecule has 3 fully saturated rings. The highest BCUT2D eigenvalue weighted by atomic mass is 32.2. The lowest BCUT2D eigenvalue weighted by Crippen LogP contribution is -2.55. The molecule has 3 aliphatic heterocycles. The van der Waals surface area contributed by atoms with Crippen molar-refractivity contribution in [2.75, 3.05) is 51.0 Å². The van der Waals surface area contributed by atoms with Crippen molar-refractivity contribution >= 4 is 31.9 Å². The van der Waals surface area contributed by atoms with Crippen molar-refractivity contribution in [3.63, 3.8) is 0 Å². The van der Waals surface area contributed by atoms with E-state index < -0.39 is 8.80 Å². The number of hydrogen-bond acceptors (Lipinski definition) is 6. The van der Waals surface area contributed by atoms with E-state index in [1.165, 1.54) is 10.6 Å². The average molecular weight is 346 g/mol. The molecule has 0 atom stereocenters. The Hall–Kier alpha value is 0.107. The van der Waals surface area contributed by atoms with Crippen LogP contribution in [0.5, 0.6) is 0 Å². The van der Waals surface area contributed by atoms with Gasteiger partial charge in [0.05, 0.1) is 19.8 Å². The van der Waals surface area contributed by atoms with Crippen molar-refractivity contribution in [1.82, 2.24) is 4.90 Å². The van der Waals surface area contributed by atoms with Gasteiger partial charge in [-0.3, -0.25) is 4.90 Å².